The zero-order valence-corrected chi connectivity index (χ0v) is 12.6. The Bertz CT molecular complexity index is 241. The van der Waals surface area contributed by atoms with Crippen molar-refractivity contribution >= 4 is 5.97 Å². The average Bonchev–Trinajstić information content (AvgIpc) is 2.34. The van der Waals surface area contributed by atoms with Crippen molar-refractivity contribution in [3.63, 3.8) is 0 Å². The van der Waals surface area contributed by atoms with Crippen LogP contribution in [0.3, 0.4) is 0 Å². The van der Waals surface area contributed by atoms with Crippen LogP contribution in [0.4, 0.5) is 0 Å². The lowest BCUT2D eigenvalue weighted by Gasteiger charge is -2.29. The van der Waals surface area contributed by atoms with Gasteiger partial charge in [-0.2, -0.15) is 0 Å². The molecule has 0 spiro atoms. The molecule has 3 nitrogen and oxygen atoms in total. The van der Waals surface area contributed by atoms with Crippen LogP contribution < -0.4 is 5.73 Å². The van der Waals surface area contributed by atoms with Crippen molar-refractivity contribution in [1.82, 2.24) is 0 Å². The average molecular weight is 269 g/mol. The Morgan fingerprint density at radius 3 is 1.79 bits per heavy atom. The topological polar surface area (TPSA) is 52.3 Å². The Morgan fingerprint density at radius 2 is 1.37 bits per heavy atom. The zero-order valence-electron chi connectivity index (χ0n) is 12.6. The van der Waals surface area contributed by atoms with Gasteiger partial charge in [-0.05, 0) is 19.8 Å². The molecule has 0 aromatic rings. The summed E-state index contributed by atoms with van der Waals surface area (Å²) >= 11 is 0. The number of hydrogen-bond acceptors (Lipinski definition) is 3. The van der Waals surface area contributed by atoms with Crippen LogP contribution >= 0.6 is 0 Å². The first kappa shape index (κ1) is 16.5. The largest absolute Gasteiger partial charge is 0.466 e. The predicted octanol–water partition coefficient (Wildman–Crippen LogP) is 3.94. The molecule has 0 unspecified atom stereocenters. The van der Waals surface area contributed by atoms with Gasteiger partial charge in [0.15, 0.2) is 0 Å². The molecule has 0 aliphatic heterocycles. The minimum atomic E-state index is -0.328. The standard InChI is InChI=1S/C16H31NO2/c1-2-19-15(18)14-16(17)12-10-8-6-4-3-5-7-9-11-13-16/h2-14,17H2,1H3. The highest BCUT2D eigenvalue weighted by molar-refractivity contribution is 5.70. The first-order valence-corrected chi connectivity index (χ1v) is 8.11. The van der Waals surface area contributed by atoms with E-state index in [0.29, 0.717) is 13.0 Å². The van der Waals surface area contributed by atoms with Crippen molar-refractivity contribution in [1.29, 1.82) is 0 Å². The van der Waals surface area contributed by atoms with E-state index in [0.717, 1.165) is 25.7 Å². The molecule has 112 valence electrons. The second kappa shape index (κ2) is 9.35. The number of rotatable bonds is 3. The van der Waals surface area contributed by atoms with E-state index in [-0.39, 0.29) is 11.5 Å². The Balaban J connectivity index is 2.46. The van der Waals surface area contributed by atoms with E-state index >= 15 is 0 Å². The van der Waals surface area contributed by atoms with Gasteiger partial charge in [-0.15, -0.1) is 0 Å². The van der Waals surface area contributed by atoms with Gasteiger partial charge < -0.3 is 10.5 Å². The van der Waals surface area contributed by atoms with Crippen molar-refractivity contribution in [2.24, 2.45) is 5.73 Å². The van der Waals surface area contributed by atoms with Crippen LogP contribution in [0.1, 0.15) is 84.0 Å². The number of ether oxygens (including phenoxy) is 1. The molecule has 0 radical (unpaired) electrons. The van der Waals surface area contributed by atoms with Gasteiger partial charge in [0.1, 0.15) is 0 Å². The van der Waals surface area contributed by atoms with Gasteiger partial charge in [0, 0.05) is 5.54 Å². The van der Waals surface area contributed by atoms with E-state index in [9.17, 15) is 4.79 Å². The molecule has 0 heterocycles. The highest BCUT2D eigenvalue weighted by Gasteiger charge is 2.28. The number of carbonyl (C=O) groups excluding carboxylic acids is 1. The molecule has 1 fully saturated rings. The van der Waals surface area contributed by atoms with Gasteiger partial charge in [-0.1, -0.05) is 57.8 Å². The minimum Gasteiger partial charge on any atom is -0.466 e. The van der Waals surface area contributed by atoms with Gasteiger partial charge >= 0.3 is 5.97 Å². The van der Waals surface area contributed by atoms with E-state index in [4.69, 9.17) is 10.5 Å². The third kappa shape index (κ3) is 7.56. The molecule has 2 N–H and O–H groups in total. The number of hydrogen-bond donors (Lipinski definition) is 1. The maximum absolute atomic E-state index is 11.7. The lowest BCUT2D eigenvalue weighted by molar-refractivity contribution is -0.144. The van der Waals surface area contributed by atoms with E-state index in [1.165, 1.54) is 44.9 Å². The summed E-state index contributed by atoms with van der Waals surface area (Å²) in [6.07, 6.45) is 13.8. The molecule has 1 aliphatic carbocycles. The molecule has 0 aromatic carbocycles. The third-order valence-electron chi connectivity index (χ3n) is 4.15. The molecular formula is C16H31NO2. The fourth-order valence-electron chi connectivity index (χ4n) is 2.99. The monoisotopic (exact) mass is 269 g/mol. The van der Waals surface area contributed by atoms with Gasteiger partial charge in [-0.25, -0.2) is 0 Å². The molecular weight excluding hydrogens is 238 g/mol. The number of nitrogens with two attached hydrogens (primary N) is 1. The SMILES string of the molecule is CCOC(=O)CC1(N)CCCCCCCCCCC1. The van der Waals surface area contributed by atoms with Crippen LogP contribution in [0, 0.1) is 0 Å². The summed E-state index contributed by atoms with van der Waals surface area (Å²) < 4.78 is 5.06. The van der Waals surface area contributed by atoms with Crippen molar-refractivity contribution in [2.75, 3.05) is 6.61 Å². The summed E-state index contributed by atoms with van der Waals surface area (Å²) in [4.78, 5) is 11.7. The van der Waals surface area contributed by atoms with E-state index in [2.05, 4.69) is 0 Å². The van der Waals surface area contributed by atoms with Crippen molar-refractivity contribution in [2.45, 2.75) is 89.5 Å². The van der Waals surface area contributed by atoms with Crippen LogP contribution in [0.5, 0.6) is 0 Å². The van der Waals surface area contributed by atoms with Crippen molar-refractivity contribution in [3.05, 3.63) is 0 Å². The Morgan fingerprint density at radius 1 is 0.947 bits per heavy atom. The van der Waals surface area contributed by atoms with Gasteiger partial charge in [0.05, 0.1) is 13.0 Å². The van der Waals surface area contributed by atoms with Gasteiger partial charge in [0.25, 0.3) is 0 Å². The highest BCUT2D eigenvalue weighted by atomic mass is 16.5. The Hall–Kier alpha value is -0.570. The van der Waals surface area contributed by atoms with E-state index in [1.54, 1.807) is 0 Å². The summed E-state index contributed by atoms with van der Waals surface area (Å²) in [5.74, 6) is -0.128. The smallest absolute Gasteiger partial charge is 0.307 e. The van der Waals surface area contributed by atoms with Gasteiger partial charge in [0.2, 0.25) is 0 Å². The summed E-state index contributed by atoms with van der Waals surface area (Å²) in [5.41, 5.74) is 6.14. The fraction of sp³-hybridized carbons (Fsp3) is 0.938. The quantitative estimate of drug-likeness (QED) is 0.789. The summed E-state index contributed by atoms with van der Waals surface area (Å²) in [7, 11) is 0. The second-order valence-electron chi connectivity index (χ2n) is 6.03. The Labute approximate surface area is 118 Å². The molecule has 1 aliphatic rings. The number of esters is 1. The van der Waals surface area contributed by atoms with E-state index in [1.807, 2.05) is 6.92 Å². The molecule has 3 heteroatoms. The molecule has 1 saturated carbocycles. The Kier molecular flexibility index (Phi) is 8.11. The third-order valence-corrected chi connectivity index (χ3v) is 4.15. The van der Waals surface area contributed by atoms with Crippen molar-refractivity contribution in [3.8, 4) is 0 Å². The zero-order chi connectivity index (χ0) is 14.0. The van der Waals surface area contributed by atoms with Crippen LogP contribution in [-0.4, -0.2) is 18.1 Å². The summed E-state index contributed by atoms with van der Waals surface area (Å²) in [6.45, 7) is 2.30. The maximum Gasteiger partial charge on any atom is 0.307 e. The lowest BCUT2D eigenvalue weighted by Crippen LogP contribution is -2.42. The molecule has 0 saturated heterocycles. The maximum atomic E-state index is 11.7. The predicted molar refractivity (Wildman–Crippen MR) is 79.0 cm³/mol. The molecule has 19 heavy (non-hydrogen) atoms. The lowest BCUT2D eigenvalue weighted by atomic mass is 9.84. The highest BCUT2D eigenvalue weighted by Crippen LogP contribution is 2.25. The van der Waals surface area contributed by atoms with Crippen molar-refractivity contribution < 1.29 is 9.53 Å². The number of carbonyl (C=O) groups is 1. The van der Waals surface area contributed by atoms with Crippen LogP contribution in [0.15, 0.2) is 0 Å². The minimum absolute atomic E-state index is 0.128. The molecule has 0 atom stereocenters. The first-order chi connectivity index (χ1) is 9.16. The first-order valence-electron chi connectivity index (χ1n) is 8.11. The summed E-state index contributed by atoms with van der Waals surface area (Å²) in [5, 5.41) is 0. The van der Waals surface area contributed by atoms with Crippen LogP contribution in [0.25, 0.3) is 0 Å². The van der Waals surface area contributed by atoms with Crippen LogP contribution in [0.2, 0.25) is 0 Å². The van der Waals surface area contributed by atoms with Gasteiger partial charge in [-0.3, -0.25) is 4.79 Å². The summed E-state index contributed by atoms with van der Waals surface area (Å²) in [6, 6.07) is 0. The molecule has 0 aromatic heterocycles. The normalized spacial score (nSPS) is 22.0. The molecule has 1 rings (SSSR count). The van der Waals surface area contributed by atoms with E-state index < -0.39 is 0 Å². The van der Waals surface area contributed by atoms with Crippen LogP contribution in [-0.2, 0) is 9.53 Å². The molecule has 0 amide bonds. The second-order valence-corrected chi connectivity index (χ2v) is 6.03. The fourth-order valence-corrected chi connectivity index (χ4v) is 2.99. The molecule has 0 bridgehead atoms.